The molecule has 1 amide bonds. The van der Waals surface area contributed by atoms with Gasteiger partial charge < -0.3 is 20.9 Å². The van der Waals surface area contributed by atoms with Gasteiger partial charge in [0, 0.05) is 12.6 Å². The summed E-state index contributed by atoms with van der Waals surface area (Å²) in [4.78, 5) is 10.5. The van der Waals surface area contributed by atoms with E-state index in [1.807, 2.05) is 12.1 Å². The van der Waals surface area contributed by atoms with E-state index in [-0.39, 0.29) is 18.9 Å². The van der Waals surface area contributed by atoms with Gasteiger partial charge in [0.05, 0.1) is 20.1 Å². The van der Waals surface area contributed by atoms with E-state index in [1.54, 1.807) is 13.2 Å². The molecule has 1 aromatic carbocycles. The van der Waals surface area contributed by atoms with E-state index in [9.17, 15) is 4.79 Å². The van der Waals surface area contributed by atoms with E-state index in [1.165, 1.54) is 0 Å². The van der Waals surface area contributed by atoms with E-state index in [0.29, 0.717) is 18.0 Å². The fourth-order valence-corrected chi connectivity index (χ4v) is 1.22. The van der Waals surface area contributed by atoms with Gasteiger partial charge in [-0.05, 0) is 17.7 Å². The Morgan fingerprint density at radius 3 is 2.56 bits per heavy atom. The second-order valence-corrected chi connectivity index (χ2v) is 3.29. The van der Waals surface area contributed by atoms with Crippen molar-refractivity contribution in [3.63, 3.8) is 0 Å². The molecule has 0 aliphatic heterocycles. The van der Waals surface area contributed by atoms with Crippen molar-refractivity contribution in [1.82, 2.24) is 0 Å². The van der Waals surface area contributed by atoms with Gasteiger partial charge in [-0.1, -0.05) is 0 Å². The van der Waals surface area contributed by atoms with Crippen molar-refractivity contribution in [1.29, 1.82) is 0 Å². The Morgan fingerprint density at radius 2 is 2.00 bits per heavy atom. The molecule has 0 fully saturated rings. The number of methoxy groups -OCH3 is 1. The monoisotopic (exact) mass is 224 g/mol. The molecule has 16 heavy (non-hydrogen) atoms. The minimum absolute atomic E-state index is 0.190. The normalized spacial score (nSPS) is 9.88. The summed E-state index contributed by atoms with van der Waals surface area (Å²) in [6, 6.07) is 5.38. The van der Waals surface area contributed by atoms with E-state index < -0.39 is 0 Å². The lowest BCUT2D eigenvalue weighted by Gasteiger charge is -2.09. The Morgan fingerprint density at radius 1 is 1.31 bits per heavy atom. The zero-order valence-electron chi connectivity index (χ0n) is 9.23. The van der Waals surface area contributed by atoms with Crippen LogP contribution < -0.4 is 20.9 Å². The molecule has 0 atom stereocenters. The number of primary amides is 1. The quantitative estimate of drug-likeness (QED) is 0.732. The van der Waals surface area contributed by atoms with Gasteiger partial charge in [-0.3, -0.25) is 4.79 Å². The van der Waals surface area contributed by atoms with Crippen LogP contribution in [0.25, 0.3) is 0 Å². The second-order valence-electron chi connectivity index (χ2n) is 3.29. The number of ether oxygens (including phenoxy) is 2. The first-order valence-corrected chi connectivity index (χ1v) is 4.95. The molecule has 0 saturated carbocycles. The van der Waals surface area contributed by atoms with Crippen LogP contribution in [-0.2, 0) is 11.3 Å². The van der Waals surface area contributed by atoms with Crippen LogP contribution in [0.5, 0.6) is 11.5 Å². The maximum absolute atomic E-state index is 10.5. The van der Waals surface area contributed by atoms with E-state index in [4.69, 9.17) is 20.9 Å². The van der Waals surface area contributed by atoms with Crippen LogP contribution in [0, 0.1) is 0 Å². The van der Waals surface area contributed by atoms with Crippen LogP contribution in [0.15, 0.2) is 18.2 Å². The van der Waals surface area contributed by atoms with Gasteiger partial charge in [0.2, 0.25) is 5.91 Å². The van der Waals surface area contributed by atoms with E-state index >= 15 is 0 Å². The molecule has 0 aliphatic carbocycles. The lowest BCUT2D eigenvalue weighted by atomic mass is 10.2. The Labute approximate surface area is 94.3 Å². The Kier molecular flexibility index (Phi) is 4.60. The van der Waals surface area contributed by atoms with Crippen LogP contribution in [0.4, 0.5) is 0 Å². The molecule has 5 heteroatoms. The molecule has 0 unspecified atom stereocenters. The third kappa shape index (κ3) is 3.78. The minimum Gasteiger partial charge on any atom is -0.497 e. The summed E-state index contributed by atoms with van der Waals surface area (Å²) < 4.78 is 10.5. The molecule has 0 heterocycles. The molecular formula is C11H16N2O3. The van der Waals surface area contributed by atoms with Crippen LogP contribution in [0.2, 0.25) is 0 Å². The number of carbonyl (C=O) groups is 1. The fourth-order valence-electron chi connectivity index (χ4n) is 1.22. The first kappa shape index (κ1) is 12.3. The number of benzene rings is 1. The van der Waals surface area contributed by atoms with Gasteiger partial charge in [0.15, 0.2) is 0 Å². The minimum atomic E-state index is -0.387. The van der Waals surface area contributed by atoms with Crippen molar-refractivity contribution in [2.45, 2.75) is 13.0 Å². The summed E-state index contributed by atoms with van der Waals surface area (Å²) in [5.41, 5.74) is 11.4. The van der Waals surface area contributed by atoms with Crippen LogP contribution in [0.1, 0.15) is 12.0 Å². The standard InChI is InChI=1S/C11H16N2O3/c1-15-9-4-8(7-12)5-10(6-9)16-3-2-11(13)14/h4-6H,2-3,7,12H2,1H3,(H2,13,14). The van der Waals surface area contributed by atoms with Crippen molar-refractivity contribution in [3.05, 3.63) is 23.8 Å². The van der Waals surface area contributed by atoms with Crippen LogP contribution in [0.3, 0.4) is 0 Å². The number of hydrogen-bond donors (Lipinski definition) is 2. The molecule has 0 spiro atoms. The summed E-state index contributed by atoms with van der Waals surface area (Å²) in [6.07, 6.45) is 0.190. The lowest BCUT2D eigenvalue weighted by molar-refractivity contribution is -0.118. The molecule has 1 aromatic rings. The molecule has 0 aromatic heterocycles. The average molecular weight is 224 g/mol. The smallest absolute Gasteiger partial charge is 0.220 e. The molecule has 0 saturated heterocycles. The number of hydrogen-bond acceptors (Lipinski definition) is 4. The largest absolute Gasteiger partial charge is 0.497 e. The van der Waals surface area contributed by atoms with Gasteiger partial charge in [-0.15, -0.1) is 0 Å². The maximum Gasteiger partial charge on any atom is 0.220 e. The van der Waals surface area contributed by atoms with Crippen molar-refractivity contribution >= 4 is 5.91 Å². The number of nitrogens with two attached hydrogens (primary N) is 2. The first-order chi connectivity index (χ1) is 7.65. The fraction of sp³-hybridized carbons (Fsp3) is 0.364. The topological polar surface area (TPSA) is 87.6 Å². The Balaban J connectivity index is 2.67. The zero-order chi connectivity index (χ0) is 12.0. The highest BCUT2D eigenvalue weighted by Crippen LogP contribution is 2.22. The van der Waals surface area contributed by atoms with E-state index in [0.717, 1.165) is 5.56 Å². The summed E-state index contributed by atoms with van der Waals surface area (Å²) in [5, 5.41) is 0. The number of amides is 1. The second kappa shape index (κ2) is 5.97. The van der Waals surface area contributed by atoms with Gasteiger partial charge in [-0.2, -0.15) is 0 Å². The van der Waals surface area contributed by atoms with Gasteiger partial charge >= 0.3 is 0 Å². The van der Waals surface area contributed by atoms with Crippen LogP contribution in [-0.4, -0.2) is 19.6 Å². The highest BCUT2D eigenvalue weighted by Gasteiger charge is 2.02. The van der Waals surface area contributed by atoms with Crippen LogP contribution >= 0.6 is 0 Å². The molecule has 4 N–H and O–H groups in total. The number of carbonyl (C=O) groups excluding carboxylic acids is 1. The van der Waals surface area contributed by atoms with E-state index in [2.05, 4.69) is 0 Å². The summed E-state index contributed by atoms with van der Waals surface area (Å²) in [7, 11) is 1.57. The molecule has 1 rings (SSSR count). The van der Waals surface area contributed by atoms with Gasteiger partial charge in [-0.25, -0.2) is 0 Å². The van der Waals surface area contributed by atoms with Crippen molar-refractivity contribution in [3.8, 4) is 11.5 Å². The lowest BCUT2D eigenvalue weighted by Crippen LogP contribution is -2.14. The third-order valence-electron chi connectivity index (χ3n) is 2.03. The molecular weight excluding hydrogens is 208 g/mol. The molecule has 0 bridgehead atoms. The van der Waals surface area contributed by atoms with Crippen molar-refractivity contribution < 1.29 is 14.3 Å². The Hall–Kier alpha value is -1.75. The third-order valence-corrected chi connectivity index (χ3v) is 2.03. The summed E-state index contributed by atoms with van der Waals surface area (Å²) in [5.74, 6) is 0.917. The van der Waals surface area contributed by atoms with Crippen molar-refractivity contribution in [2.75, 3.05) is 13.7 Å². The summed E-state index contributed by atoms with van der Waals surface area (Å²) >= 11 is 0. The number of rotatable bonds is 6. The highest BCUT2D eigenvalue weighted by molar-refractivity contribution is 5.73. The van der Waals surface area contributed by atoms with Crippen molar-refractivity contribution in [2.24, 2.45) is 11.5 Å². The maximum atomic E-state index is 10.5. The molecule has 0 radical (unpaired) electrons. The first-order valence-electron chi connectivity index (χ1n) is 4.95. The predicted octanol–water partition coefficient (Wildman–Crippen LogP) is 0.408. The van der Waals surface area contributed by atoms with Gasteiger partial charge in [0.1, 0.15) is 11.5 Å². The molecule has 5 nitrogen and oxygen atoms in total. The Bertz CT molecular complexity index is 344. The highest BCUT2D eigenvalue weighted by atomic mass is 16.5. The summed E-state index contributed by atoms with van der Waals surface area (Å²) in [6.45, 7) is 0.663. The predicted molar refractivity (Wildman–Crippen MR) is 60.2 cm³/mol. The molecule has 88 valence electrons. The average Bonchev–Trinajstić information content (AvgIpc) is 2.28. The van der Waals surface area contributed by atoms with Gasteiger partial charge in [0.25, 0.3) is 0 Å². The SMILES string of the molecule is COc1cc(CN)cc(OCCC(N)=O)c1. The zero-order valence-corrected chi connectivity index (χ0v) is 9.23. The molecule has 0 aliphatic rings.